The molecule has 0 spiro atoms. The van der Waals surface area contributed by atoms with Gasteiger partial charge in [0, 0.05) is 12.2 Å². The summed E-state index contributed by atoms with van der Waals surface area (Å²) in [5.41, 5.74) is 4.65. The molecule has 1 saturated heterocycles. The summed E-state index contributed by atoms with van der Waals surface area (Å²) in [5, 5.41) is 0. The summed E-state index contributed by atoms with van der Waals surface area (Å²) in [4.78, 5) is 27.4. The van der Waals surface area contributed by atoms with Crippen molar-refractivity contribution in [2.75, 3.05) is 29.6 Å². The molecular formula is C11H17N3O4S3. The average Bonchev–Trinajstić information content (AvgIpc) is 3.03. The van der Waals surface area contributed by atoms with E-state index in [1.54, 1.807) is 11.8 Å². The second kappa shape index (κ2) is 7.50. The average molecular weight is 351 g/mol. The number of carbonyl (C=O) groups is 2. The van der Waals surface area contributed by atoms with Crippen LogP contribution in [0.25, 0.3) is 0 Å². The van der Waals surface area contributed by atoms with Crippen LogP contribution in [0.15, 0.2) is 4.99 Å². The van der Waals surface area contributed by atoms with Crippen molar-refractivity contribution in [2.24, 2.45) is 10.9 Å². The number of rotatable bonds is 4. The van der Waals surface area contributed by atoms with Crippen LogP contribution in [0.5, 0.6) is 0 Å². The number of hydrogen-bond donors (Lipinski definition) is 2. The smallest absolute Gasteiger partial charge is 0.248 e. The van der Waals surface area contributed by atoms with Crippen LogP contribution in [0.1, 0.15) is 12.8 Å². The number of amides is 2. The Labute approximate surface area is 132 Å². The van der Waals surface area contributed by atoms with E-state index in [1.807, 2.05) is 0 Å². The van der Waals surface area contributed by atoms with E-state index in [1.165, 1.54) is 11.8 Å². The van der Waals surface area contributed by atoms with Crippen LogP contribution in [0, 0.1) is 5.92 Å². The highest BCUT2D eigenvalue weighted by atomic mass is 32.2. The molecule has 0 aromatic carbocycles. The molecular weight excluding hydrogens is 334 g/mol. The lowest BCUT2D eigenvalue weighted by Crippen LogP contribution is -2.43. The molecule has 118 valence electrons. The van der Waals surface area contributed by atoms with Gasteiger partial charge in [-0.15, -0.1) is 0 Å². The van der Waals surface area contributed by atoms with Crippen molar-refractivity contribution in [1.29, 1.82) is 0 Å². The van der Waals surface area contributed by atoms with Crippen LogP contribution in [0.2, 0.25) is 0 Å². The second-order valence-electron chi connectivity index (χ2n) is 4.85. The zero-order valence-electron chi connectivity index (χ0n) is 11.3. The second-order valence-corrected chi connectivity index (χ2v) is 9.39. The molecule has 7 nitrogen and oxygen atoms in total. The standard InChI is InChI=1S/C11H17N3O4S3/c15-9(5-8-1-4-21(17,18)7-8)13-14-10(16)6-20-11-12-2-3-19-11/h8H,1-7H2,(H,13,15)(H,14,16)/t8-/m0/s1. The summed E-state index contributed by atoms with van der Waals surface area (Å²) in [6.45, 7) is 0.787. The summed E-state index contributed by atoms with van der Waals surface area (Å²) in [5.74, 6) is 0.542. The molecule has 2 aliphatic heterocycles. The van der Waals surface area contributed by atoms with E-state index < -0.39 is 9.84 Å². The van der Waals surface area contributed by atoms with Gasteiger partial charge in [0.05, 0.1) is 23.8 Å². The molecule has 0 unspecified atom stereocenters. The molecule has 0 aromatic heterocycles. The van der Waals surface area contributed by atoms with Crippen molar-refractivity contribution in [1.82, 2.24) is 10.9 Å². The molecule has 21 heavy (non-hydrogen) atoms. The SMILES string of the molecule is O=C(CSC1=NCCS1)NNC(=O)C[C@@H]1CCS(=O)(=O)C1. The van der Waals surface area contributed by atoms with Crippen LogP contribution in [-0.4, -0.2) is 54.2 Å². The Hall–Kier alpha value is -0.740. The van der Waals surface area contributed by atoms with Gasteiger partial charge in [-0.25, -0.2) is 8.42 Å². The Kier molecular flexibility index (Phi) is 5.94. The highest BCUT2D eigenvalue weighted by Gasteiger charge is 2.29. The molecule has 1 fully saturated rings. The third kappa shape index (κ3) is 5.87. The van der Waals surface area contributed by atoms with Crippen LogP contribution in [0.4, 0.5) is 0 Å². The zero-order chi connectivity index (χ0) is 15.3. The van der Waals surface area contributed by atoms with Gasteiger partial charge in [-0.3, -0.25) is 25.4 Å². The predicted octanol–water partition coefficient (Wildman–Crippen LogP) is -0.205. The fourth-order valence-electron chi connectivity index (χ4n) is 2.05. The first-order valence-electron chi connectivity index (χ1n) is 6.53. The fourth-order valence-corrected chi connectivity index (χ4v) is 5.72. The predicted molar refractivity (Wildman–Crippen MR) is 84.9 cm³/mol. The number of hydrazine groups is 1. The molecule has 2 heterocycles. The highest BCUT2D eigenvalue weighted by Crippen LogP contribution is 2.22. The quantitative estimate of drug-likeness (QED) is 0.680. The maximum Gasteiger partial charge on any atom is 0.248 e. The minimum Gasteiger partial charge on any atom is -0.273 e. The Morgan fingerprint density at radius 1 is 1.33 bits per heavy atom. The molecule has 2 amide bonds. The maximum atomic E-state index is 11.6. The van der Waals surface area contributed by atoms with Crippen molar-refractivity contribution >= 4 is 49.6 Å². The van der Waals surface area contributed by atoms with Crippen molar-refractivity contribution in [3.05, 3.63) is 0 Å². The molecule has 0 aromatic rings. The largest absolute Gasteiger partial charge is 0.273 e. The van der Waals surface area contributed by atoms with Gasteiger partial charge in [-0.1, -0.05) is 23.5 Å². The van der Waals surface area contributed by atoms with Gasteiger partial charge in [-0.05, 0) is 12.3 Å². The molecule has 0 bridgehead atoms. The van der Waals surface area contributed by atoms with Gasteiger partial charge in [0.15, 0.2) is 9.84 Å². The molecule has 2 aliphatic rings. The number of hydrogen-bond acceptors (Lipinski definition) is 7. The monoisotopic (exact) mass is 351 g/mol. The Bertz CT molecular complexity index is 547. The van der Waals surface area contributed by atoms with Gasteiger partial charge >= 0.3 is 0 Å². The zero-order valence-corrected chi connectivity index (χ0v) is 13.8. The lowest BCUT2D eigenvalue weighted by atomic mass is 10.1. The first-order valence-corrected chi connectivity index (χ1v) is 10.3. The first kappa shape index (κ1) is 16.6. The van der Waals surface area contributed by atoms with E-state index in [0.717, 1.165) is 16.7 Å². The van der Waals surface area contributed by atoms with Crippen molar-refractivity contribution in [2.45, 2.75) is 12.8 Å². The number of nitrogens with one attached hydrogen (secondary N) is 2. The van der Waals surface area contributed by atoms with Crippen LogP contribution in [0.3, 0.4) is 0 Å². The molecule has 10 heteroatoms. The third-order valence-corrected chi connectivity index (χ3v) is 7.12. The minimum atomic E-state index is -2.98. The lowest BCUT2D eigenvalue weighted by Gasteiger charge is -2.09. The maximum absolute atomic E-state index is 11.6. The Morgan fingerprint density at radius 3 is 2.71 bits per heavy atom. The highest BCUT2D eigenvalue weighted by molar-refractivity contribution is 8.39. The Balaban J connectivity index is 1.61. The van der Waals surface area contributed by atoms with E-state index in [-0.39, 0.29) is 41.4 Å². The summed E-state index contributed by atoms with van der Waals surface area (Å²) in [7, 11) is -2.98. The van der Waals surface area contributed by atoms with Crippen molar-refractivity contribution in [3.8, 4) is 0 Å². The summed E-state index contributed by atoms with van der Waals surface area (Å²) >= 11 is 2.97. The molecule has 0 radical (unpaired) electrons. The van der Waals surface area contributed by atoms with Crippen molar-refractivity contribution < 1.29 is 18.0 Å². The molecule has 2 N–H and O–H groups in total. The lowest BCUT2D eigenvalue weighted by molar-refractivity contribution is -0.128. The van der Waals surface area contributed by atoms with Crippen molar-refractivity contribution in [3.63, 3.8) is 0 Å². The van der Waals surface area contributed by atoms with E-state index in [9.17, 15) is 18.0 Å². The topological polar surface area (TPSA) is 105 Å². The molecule has 0 saturated carbocycles. The summed E-state index contributed by atoms with van der Waals surface area (Å²) in [6.07, 6.45) is 0.631. The summed E-state index contributed by atoms with van der Waals surface area (Å²) < 4.78 is 23.5. The van der Waals surface area contributed by atoms with Crippen LogP contribution in [-0.2, 0) is 19.4 Å². The normalized spacial score (nSPS) is 23.6. The van der Waals surface area contributed by atoms with E-state index in [4.69, 9.17) is 0 Å². The fraction of sp³-hybridized carbons (Fsp3) is 0.727. The minimum absolute atomic E-state index is 0.0568. The first-order chi connectivity index (χ1) is 9.94. The molecule has 1 atom stereocenters. The number of nitrogens with zero attached hydrogens (tertiary/aromatic N) is 1. The van der Waals surface area contributed by atoms with E-state index >= 15 is 0 Å². The van der Waals surface area contributed by atoms with E-state index in [2.05, 4.69) is 15.8 Å². The molecule has 0 aliphatic carbocycles. The van der Waals surface area contributed by atoms with Gasteiger partial charge in [0.25, 0.3) is 0 Å². The molecule has 2 rings (SSSR count). The van der Waals surface area contributed by atoms with Gasteiger partial charge < -0.3 is 0 Å². The number of sulfone groups is 1. The van der Waals surface area contributed by atoms with Gasteiger partial charge in [0.2, 0.25) is 11.8 Å². The van der Waals surface area contributed by atoms with E-state index in [0.29, 0.717) is 6.42 Å². The van der Waals surface area contributed by atoms with Crippen LogP contribution < -0.4 is 10.9 Å². The number of thioether (sulfide) groups is 2. The van der Waals surface area contributed by atoms with Gasteiger partial charge in [0.1, 0.15) is 4.38 Å². The number of carbonyl (C=O) groups excluding carboxylic acids is 2. The third-order valence-electron chi connectivity index (χ3n) is 3.03. The summed E-state index contributed by atoms with van der Waals surface area (Å²) in [6, 6.07) is 0. The Morgan fingerprint density at radius 2 is 2.10 bits per heavy atom. The van der Waals surface area contributed by atoms with Gasteiger partial charge in [-0.2, -0.15) is 0 Å². The van der Waals surface area contributed by atoms with Crippen LogP contribution >= 0.6 is 23.5 Å². The number of aliphatic imine (C=N–C) groups is 1.